The molecule has 0 aliphatic heterocycles. The first-order valence-corrected chi connectivity index (χ1v) is 6.00. The summed E-state index contributed by atoms with van der Waals surface area (Å²) >= 11 is 5.94. The van der Waals surface area contributed by atoms with E-state index in [1.165, 1.54) is 0 Å². The minimum absolute atomic E-state index is 0.0544. The summed E-state index contributed by atoms with van der Waals surface area (Å²) in [5.74, 6) is 1.31. The summed E-state index contributed by atoms with van der Waals surface area (Å²) in [7, 11) is 0. The van der Waals surface area contributed by atoms with Crippen molar-refractivity contribution in [2.45, 2.75) is 20.4 Å². The highest BCUT2D eigenvalue weighted by molar-refractivity contribution is 6.30. The lowest BCUT2D eigenvalue weighted by atomic mass is 10.2. The molecule has 0 radical (unpaired) electrons. The van der Waals surface area contributed by atoms with Gasteiger partial charge in [0.15, 0.2) is 6.61 Å². The number of benzene rings is 1. The average molecular weight is 253 g/mol. The molecule has 0 aliphatic rings. The van der Waals surface area contributed by atoms with E-state index >= 15 is 0 Å². The summed E-state index contributed by atoms with van der Waals surface area (Å²) in [4.78, 5) is 0. The highest BCUT2D eigenvalue weighted by Gasteiger charge is 2.05. The lowest BCUT2D eigenvalue weighted by Crippen LogP contribution is -2.19. The molecular weight excluding hydrogens is 236 g/mol. The van der Waals surface area contributed by atoms with Gasteiger partial charge in [-0.15, -0.1) is 0 Å². The number of nitriles is 1. The molecule has 0 bridgehead atoms. The molecule has 1 N–H and O–H groups in total. The fraction of sp³-hybridized carbons (Fsp3) is 0.462. The fourth-order valence-electron chi connectivity index (χ4n) is 1.43. The van der Waals surface area contributed by atoms with Crippen molar-refractivity contribution in [1.82, 2.24) is 5.32 Å². The predicted octanol–water partition coefficient (Wildman–Crippen LogP) is 2.99. The van der Waals surface area contributed by atoms with Crippen LogP contribution in [0.15, 0.2) is 18.2 Å². The summed E-state index contributed by atoms with van der Waals surface area (Å²) in [5.41, 5.74) is 0.980. The molecule has 17 heavy (non-hydrogen) atoms. The quantitative estimate of drug-likeness (QED) is 0.847. The highest BCUT2D eigenvalue weighted by Crippen LogP contribution is 2.22. The van der Waals surface area contributed by atoms with Gasteiger partial charge in [0.2, 0.25) is 0 Å². The maximum Gasteiger partial charge on any atom is 0.174 e. The molecule has 0 aromatic heterocycles. The van der Waals surface area contributed by atoms with Crippen molar-refractivity contribution < 1.29 is 4.74 Å². The summed E-state index contributed by atoms with van der Waals surface area (Å²) in [6.07, 6.45) is 0. The number of halogens is 1. The van der Waals surface area contributed by atoms with Crippen molar-refractivity contribution in [3.8, 4) is 11.8 Å². The van der Waals surface area contributed by atoms with Crippen LogP contribution >= 0.6 is 11.6 Å². The Labute approximate surface area is 107 Å². The molecule has 0 spiro atoms. The number of nitrogens with one attached hydrogen (secondary N) is 1. The van der Waals surface area contributed by atoms with Gasteiger partial charge in [0, 0.05) is 17.1 Å². The zero-order valence-electron chi connectivity index (χ0n) is 10.2. The summed E-state index contributed by atoms with van der Waals surface area (Å²) in [6.45, 7) is 5.98. The second kappa shape index (κ2) is 7.16. The van der Waals surface area contributed by atoms with E-state index in [2.05, 4.69) is 19.2 Å². The second-order valence-corrected chi connectivity index (χ2v) is 4.66. The van der Waals surface area contributed by atoms with Gasteiger partial charge in [-0.1, -0.05) is 25.4 Å². The molecule has 3 nitrogen and oxygen atoms in total. The number of hydrogen-bond acceptors (Lipinski definition) is 3. The van der Waals surface area contributed by atoms with E-state index in [4.69, 9.17) is 21.6 Å². The van der Waals surface area contributed by atoms with E-state index in [0.29, 0.717) is 23.2 Å². The minimum atomic E-state index is 0.0544. The fourth-order valence-corrected chi connectivity index (χ4v) is 1.63. The van der Waals surface area contributed by atoms with Gasteiger partial charge in [-0.2, -0.15) is 5.26 Å². The lowest BCUT2D eigenvalue weighted by molar-refractivity contribution is 0.362. The Morgan fingerprint density at radius 3 is 2.88 bits per heavy atom. The third kappa shape index (κ3) is 5.08. The van der Waals surface area contributed by atoms with Gasteiger partial charge < -0.3 is 10.1 Å². The van der Waals surface area contributed by atoms with Crippen LogP contribution in [0.5, 0.6) is 5.75 Å². The molecule has 0 aliphatic carbocycles. The molecule has 0 amide bonds. The van der Waals surface area contributed by atoms with Gasteiger partial charge >= 0.3 is 0 Å². The van der Waals surface area contributed by atoms with Crippen molar-refractivity contribution in [3.63, 3.8) is 0 Å². The topological polar surface area (TPSA) is 45.0 Å². The average Bonchev–Trinajstić information content (AvgIpc) is 2.27. The first kappa shape index (κ1) is 13.8. The molecule has 1 aromatic carbocycles. The number of ether oxygens (including phenoxy) is 1. The van der Waals surface area contributed by atoms with Crippen LogP contribution in [0.3, 0.4) is 0 Å². The monoisotopic (exact) mass is 252 g/mol. The number of hydrogen-bond donors (Lipinski definition) is 1. The lowest BCUT2D eigenvalue weighted by Gasteiger charge is -2.12. The van der Waals surface area contributed by atoms with Crippen LogP contribution < -0.4 is 10.1 Å². The van der Waals surface area contributed by atoms with Crippen LogP contribution in [0.25, 0.3) is 0 Å². The maximum atomic E-state index is 8.51. The van der Waals surface area contributed by atoms with Gasteiger partial charge in [0.25, 0.3) is 0 Å². The molecule has 4 heteroatoms. The molecular formula is C13H17ClN2O. The molecule has 0 fully saturated rings. The maximum absolute atomic E-state index is 8.51. The normalized spacial score (nSPS) is 10.3. The van der Waals surface area contributed by atoms with Crippen molar-refractivity contribution in [3.05, 3.63) is 28.8 Å². The highest BCUT2D eigenvalue weighted by atomic mass is 35.5. The predicted molar refractivity (Wildman–Crippen MR) is 69.1 cm³/mol. The Kier molecular flexibility index (Phi) is 5.82. The Morgan fingerprint density at radius 2 is 2.24 bits per heavy atom. The Hall–Kier alpha value is -1.24. The molecule has 1 aromatic rings. The van der Waals surface area contributed by atoms with E-state index in [0.717, 1.165) is 12.1 Å². The van der Waals surface area contributed by atoms with E-state index < -0.39 is 0 Å². The van der Waals surface area contributed by atoms with Gasteiger partial charge in [0.05, 0.1) is 0 Å². The zero-order valence-corrected chi connectivity index (χ0v) is 10.9. The van der Waals surface area contributed by atoms with Gasteiger partial charge in [-0.25, -0.2) is 0 Å². The van der Waals surface area contributed by atoms with Crippen molar-refractivity contribution >= 4 is 11.6 Å². The minimum Gasteiger partial charge on any atom is -0.478 e. The first-order valence-electron chi connectivity index (χ1n) is 5.62. The van der Waals surface area contributed by atoms with Crippen molar-refractivity contribution in [1.29, 1.82) is 5.26 Å². The smallest absolute Gasteiger partial charge is 0.174 e. The van der Waals surface area contributed by atoms with Gasteiger partial charge in [-0.05, 0) is 30.7 Å². The molecule has 0 saturated carbocycles. The summed E-state index contributed by atoms with van der Waals surface area (Å²) < 4.78 is 5.34. The molecule has 0 heterocycles. The summed E-state index contributed by atoms with van der Waals surface area (Å²) in [6, 6.07) is 7.38. The standard InChI is InChI=1S/C13H17ClN2O/c1-10(2)8-16-9-11-7-12(14)3-4-13(11)17-6-5-15/h3-4,7,10,16H,6,8-9H2,1-2H3. The van der Waals surface area contributed by atoms with E-state index in [1.807, 2.05) is 12.1 Å². The third-order valence-electron chi connectivity index (χ3n) is 2.18. The van der Waals surface area contributed by atoms with E-state index in [-0.39, 0.29) is 6.61 Å². The molecule has 1 rings (SSSR count). The van der Waals surface area contributed by atoms with Crippen molar-refractivity contribution in [2.75, 3.05) is 13.2 Å². The number of rotatable bonds is 6. The Balaban J connectivity index is 2.66. The van der Waals surface area contributed by atoms with Crippen LogP contribution in [0.2, 0.25) is 5.02 Å². The Bertz CT molecular complexity index is 399. The van der Waals surface area contributed by atoms with E-state index in [1.54, 1.807) is 12.1 Å². The van der Waals surface area contributed by atoms with Crippen LogP contribution in [0.4, 0.5) is 0 Å². The SMILES string of the molecule is CC(C)CNCc1cc(Cl)ccc1OCC#N. The van der Waals surface area contributed by atoms with Crippen LogP contribution in [-0.2, 0) is 6.54 Å². The number of nitrogens with zero attached hydrogens (tertiary/aromatic N) is 1. The first-order chi connectivity index (χ1) is 8.13. The largest absolute Gasteiger partial charge is 0.478 e. The molecule has 92 valence electrons. The molecule has 0 saturated heterocycles. The summed E-state index contributed by atoms with van der Waals surface area (Å²) in [5, 5.41) is 12.5. The van der Waals surface area contributed by atoms with Crippen molar-refractivity contribution in [2.24, 2.45) is 5.92 Å². The van der Waals surface area contributed by atoms with Gasteiger partial charge in [-0.3, -0.25) is 0 Å². The molecule has 0 atom stereocenters. The van der Waals surface area contributed by atoms with Crippen LogP contribution in [-0.4, -0.2) is 13.2 Å². The third-order valence-corrected chi connectivity index (χ3v) is 2.42. The van der Waals surface area contributed by atoms with Crippen LogP contribution in [0, 0.1) is 17.2 Å². The van der Waals surface area contributed by atoms with E-state index in [9.17, 15) is 0 Å². The zero-order chi connectivity index (χ0) is 12.7. The Morgan fingerprint density at radius 1 is 1.47 bits per heavy atom. The van der Waals surface area contributed by atoms with Crippen LogP contribution in [0.1, 0.15) is 19.4 Å². The molecule has 0 unspecified atom stereocenters. The second-order valence-electron chi connectivity index (χ2n) is 4.22. The van der Waals surface area contributed by atoms with Gasteiger partial charge in [0.1, 0.15) is 11.8 Å².